The Labute approximate surface area is 190 Å². The second-order valence-corrected chi connectivity index (χ2v) is 9.94. The Morgan fingerprint density at radius 3 is 2.64 bits per heavy atom. The number of ether oxygens (including phenoxy) is 1. The number of aromatic nitrogens is 1. The maximum absolute atomic E-state index is 13.0. The van der Waals surface area contributed by atoms with Gasteiger partial charge in [-0.3, -0.25) is 9.69 Å². The zero-order valence-corrected chi connectivity index (χ0v) is 18.9. The second kappa shape index (κ2) is 9.48. The number of halogens is 2. The molecule has 2 N–H and O–H groups in total. The van der Waals surface area contributed by atoms with Crippen LogP contribution in [0.1, 0.15) is 24.3 Å². The lowest BCUT2D eigenvalue weighted by molar-refractivity contribution is -0.117. The van der Waals surface area contributed by atoms with E-state index in [2.05, 4.69) is 10.3 Å². The third kappa shape index (κ3) is 4.86. The fraction of sp³-hybridized carbons (Fsp3) is 0.348. The van der Waals surface area contributed by atoms with E-state index in [1.54, 1.807) is 7.11 Å². The number of carbonyl (C=O) groups is 1. The van der Waals surface area contributed by atoms with Crippen LogP contribution >= 0.6 is 0 Å². The molecule has 1 aliphatic heterocycles. The summed E-state index contributed by atoms with van der Waals surface area (Å²) in [4.78, 5) is 17.2. The Hall–Kier alpha value is -2.98. The largest absolute Gasteiger partial charge is 0.497 e. The number of benzene rings is 2. The van der Waals surface area contributed by atoms with Gasteiger partial charge < -0.3 is 15.0 Å². The lowest BCUT2D eigenvalue weighted by Crippen LogP contribution is -2.38. The molecule has 1 amide bonds. The molecule has 2 heterocycles. The smallest absolute Gasteiger partial charge is 0.341 e. The number of nitrogens with zero attached hydrogens (tertiary/aromatic N) is 1. The van der Waals surface area contributed by atoms with Crippen molar-refractivity contribution in [1.82, 2.24) is 9.88 Å². The van der Waals surface area contributed by atoms with Gasteiger partial charge in [0.1, 0.15) is 5.75 Å². The summed E-state index contributed by atoms with van der Waals surface area (Å²) in [6.07, 6.45) is 3.74. The summed E-state index contributed by atoms with van der Waals surface area (Å²) in [5.41, 5.74) is 2.13. The van der Waals surface area contributed by atoms with E-state index in [1.807, 2.05) is 29.3 Å². The third-order valence-electron chi connectivity index (χ3n) is 6.02. The Morgan fingerprint density at radius 2 is 1.94 bits per heavy atom. The summed E-state index contributed by atoms with van der Waals surface area (Å²) in [5.74, 6) is -2.87. The van der Waals surface area contributed by atoms with Crippen molar-refractivity contribution < 1.29 is 26.7 Å². The van der Waals surface area contributed by atoms with Crippen molar-refractivity contribution >= 4 is 32.3 Å². The van der Waals surface area contributed by atoms with E-state index < -0.39 is 26.4 Å². The molecular formula is C23H25F2N3O4S. The van der Waals surface area contributed by atoms with Gasteiger partial charge in [-0.15, -0.1) is 0 Å². The van der Waals surface area contributed by atoms with Crippen molar-refractivity contribution in [3.8, 4) is 5.75 Å². The lowest BCUT2D eigenvalue weighted by atomic mass is 9.89. The van der Waals surface area contributed by atoms with Gasteiger partial charge in [0, 0.05) is 17.1 Å². The molecule has 0 bridgehead atoms. The number of anilines is 1. The van der Waals surface area contributed by atoms with Gasteiger partial charge in [0.05, 0.1) is 24.2 Å². The van der Waals surface area contributed by atoms with Crippen molar-refractivity contribution in [2.75, 3.05) is 32.1 Å². The molecule has 0 aliphatic carbocycles. The van der Waals surface area contributed by atoms with Crippen LogP contribution in [0.4, 0.5) is 14.5 Å². The maximum Gasteiger partial charge on any atom is 0.341 e. The summed E-state index contributed by atoms with van der Waals surface area (Å²) in [7, 11) is -3.18. The van der Waals surface area contributed by atoms with E-state index in [0.717, 1.165) is 35.6 Å². The molecule has 176 valence electrons. The summed E-state index contributed by atoms with van der Waals surface area (Å²) in [6, 6.07) is 11.1. The number of methoxy groups -OCH3 is 1. The fourth-order valence-corrected chi connectivity index (χ4v) is 5.18. The molecule has 0 unspecified atom stereocenters. The highest BCUT2D eigenvalue weighted by atomic mass is 32.2. The number of amides is 1. The molecule has 2 aromatic carbocycles. The molecule has 0 spiro atoms. The van der Waals surface area contributed by atoms with Gasteiger partial charge in [0.25, 0.3) is 0 Å². The quantitative estimate of drug-likeness (QED) is 0.537. The predicted octanol–water partition coefficient (Wildman–Crippen LogP) is 3.99. The van der Waals surface area contributed by atoms with Gasteiger partial charge in [-0.05, 0) is 67.7 Å². The Balaban J connectivity index is 1.38. The minimum Gasteiger partial charge on any atom is -0.497 e. The highest BCUT2D eigenvalue weighted by Crippen LogP contribution is 2.34. The molecule has 0 atom stereocenters. The summed E-state index contributed by atoms with van der Waals surface area (Å²) < 4.78 is 55.0. The lowest BCUT2D eigenvalue weighted by Gasteiger charge is -2.31. The SMILES string of the molecule is COc1ccc2[nH]cc(C3CCN(CC(=O)Nc4ccccc4S(=O)(=O)C(F)F)CC3)c2c1. The number of H-pyrrole nitrogens is 1. The molecule has 10 heteroatoms. The maximum atomic E-state index is 13.0. The van der Waals surface area contributed by atoms with Crippen LogP contribution in [0.5, 0.6) is 5.75 Å². The minimum absolute atomic E-state index is 0.0531. The normalized spacial score (nSPS) is 15.8. The zero-order valence-electron chi connectivity index (χ0n) is 18.1. The number of rotatable bonds is 7. The standard InChI is InChI=1S/C23H25F2N3O4S/c1-32-16-6-7-19-17(12-16)18(13-26-19)15-8-10-28(11-9-15)14-22(29)27-20-4-2-3-5-21(20)33(30,31)23(24)25/h2-7,12-13,15,23,26H,8-11,14H2,1H3,(H,27,29). The van der Waals surface area contributed by atoms with Crippen molar-refractivity contribution in [3.63, 3.8) is 0 Å². The molecule has 0 saturated carbocycles. The topological polar surface area (TPSA) is 91.5 Å². The van der Waals surface area contributed by atoms with Crippen LogP contribution < -0.4 is 10.1 Å². The number of likely N-dealkylation sites (tertiary alicyclic amines) is 1. The molecule has 1 fully saturated rings. The van der Waals surface area contributed by atoms with Crippen LogP contribution in [-0.4, -0.2) is 56.7 Å². The van der Waals surface area contributed by atoms with Crippen LogP contribution in [0.15, 0.2) is 53.6 Å². The van der Waals surface area contributed by atoms with Gasteiger partial charge in [0.15, 0.2) is 0 Å². The summed E-state index contributed by atoms with van der Waals surface area (Å²) in [5, 5.41) is 3.61. The van der Waals surface area contributed by atoms with Crippen LogP contribution in [0, 0.1) is 0 Å². The number of aromatic amines is 1. The molecular weight excluding hydrogens is 452 g/mol. The minimum atomic E-state index is -4.82. The first-order valence-electron chi connectivity index (χ1n) is 10.6. The van der Waals surface area contributed by atoms with E-state index in [0.29, 0.717) is 19.0 Å². The molecule has 1 aliphatic rings. The molecule has 1 saturated heterocycles. The monoisotopic (exact) mass is 477 g/mol. The first-order valence-corrected chi connectivity index (χ1v) is 12.1. The number of fused-ring (bicyclic) bond motifs is 1. The summed E-state index contributed by atoms with van der Waals surface area (Å²) >= 11 is 0. The Bertz CT molecular complexity index is 1250. The molecule has 1 aromatic heterocycles. The first-order chi connectivity index (χ1) is 15.8. The van der Waals surface area contributed by atoms with E-state index in [1.165, 1.54) is 23.8 Å². The number of nitrogens with one attached hydrogen (secondary N) is 2. The predicted molar refractivity (Wildman–Crippen MR) is 122 cm³/mol. The molecule has 7 nitrogen and oxygen atoms in total. The average Bonchev–Trinajstić information content (AvgIpc) is 3.23. The molecule has 4 rings (SSSR count). The van der Waals surface area contributed by atoms with Crippen LogP contribution in [0.2, 0.25) is 0 Å². The van der Waals surface area contributed by atoms with Crippen molar-refractivity contribution in [2.45, 2.75) is 29.4 Å². The zero-order chi connectivity index (χ0) is 23.6. The fourth-order valence-electron chi connectivity index (χ4n) is 4.29. The highest BCUT2D eigenvalue weighted by Gasteiger charge is 2.30. The molecule has 33 heavy (non-hydrogen) atoms. The number of alkyl halides is 2. The van der Waals surface area contributed by atoms with Gasteiger partial charge in [-0.2, -0.15) is 8.78 Å². The van der Waals surface area contributed by atoms with Gasteiger partial charge in [-0.1, -0.05) is 12.1 Å². The second-order valence-electron chi connectivity index (χ2n) is 8.06. The van der Waals surface area contributed by atoms with Crippen molar-refractivity contribution in [3.05, 3.63) is 54.2 Å². The molecule has 0 radical (unpaired) electrons. The third-order valence-corrected chi connectivity index (χ3v) is 7.46. The van der Waals surface area contributed by atoms with Gasteiger partial charge in [-0.25, -0.2) is 8.42 Å². The van der Waals surface area contributed by atoms with E-state index in [9.17, 15) is 22.0 Å². The number of sulfone groups is 1. The van der Waals surface area contributed by atoms with E-state index >= 15 is 0 Å². The van der Waals surface area contributed by atoms with Crippen molar-refractivity contribution in [2.24, 2.45) is 0 Å². The van der Waals surface area contributed by atoms with Gasteiger partial charge in [0.2, 0.25) is 15.7 Å². The average molecular weight is 478 g/mol. The van der Waals surface area contributed by atoms with Gasteiger partial charge >= 0.3 is 5.76 Å². The van der Waals surface area contributed by atoms with Crippen LogP contribution in [0.3, 0.4) is 0 Å². The van der Waals surface area contributed by atoms with Crippen LogP contribution in [-0.2, 0) is 14.6 Å². The number of piperidine rings is 1. The number of hydrogen-bond acceptors (Lipinski definition) is 5. The highest BCUT2D eigenvalue weighted by molar-refractivity contribution is 7.91. The molecule has 3 aromatic rings. The first kappa shape index (κ1) is 23.2. The Morgan fingerprint density at radius 1 is 1.21 bits per heavy atom. The van der Waals surface area contributed by atoms with E-state index in [-0.39, 0.29) is 12.2 Å². The number of hydrogen-bond donors (Lipinski definition) is 2. The van der Waals surface area contributed by atoms with Crippen LogP contribution in [0.25, 0.3) is 10.9 Å². The summed E-state index contributed by atoms with van der Waals surface area (Å²) in [6.45, 7) is 1.43. The van der Waals surface area contributed by atoms with E-state index in [4.69, 9.17) is 4.74 Å². The van der Waals surface area contributed by atoms with Crippen molar-refractivity contribution in [1.29, 1.82) is 0 Å². The number of para-hydroxylation sites is 1. The Kier molecular flexibility index (Phi) is 6.66. The number of carbonyl (C=O) groups excluding carboxylic acids is 1.